The number of hydrogen-bond donors (Lipinski definition) is 1. The summed E-state index contributed by atoms with van der Waals surface area (Å²) in [6, 6.07) is 35.3. The van der Waals surface area contributed by atoms with E-state index in [0.717, 1.165) is 22.4 Å². The molecule has 3 nitrogen and oxygen atoms in total. The molecule has 1 aromatic heterocycles. The standard InChI is InChI=1S/C26H21NO2/c28-25(20-12-4-1-5-13-20,21-14-6-2-7-15-21)24-26(29-24,22-16-8-3-9-17-22)23-18-10-11-19-27-23/h1-19,24,28H/t24-,26+/m0/s1. The molecule has 29 heavy (non-hydrogen) atoms. The second-order valence-electron chi connectivity index (χ2n) is 7.31. The van der Waals surface area contributed by atoms with Crippen LogP contribution < -0.4 is 0 Å². The summed E-state index contributed by atoms with van der Waals surface area (Å²) in [5, 5.41) is 12.2. The van der Waals surface area contributed by atoms with Gasteiger partial charge < -0.3 is 9.84 Å². The molecule has 0 unspecified atom stereocenters. The highest BCUT2D eigenvalue weighted by atomic mass is 16.6. The molecule has 0 aliphatic carbocycles. The van der Waals surface area contributed by atoms with Gasteiger partial charge in [-0.3, -0.25) is 4.98 Å². The minimum absolute atomic E-state index is 0.517. The molecule has 0 saturated carbocycles. The summed E-state index contributed by atoms with van der Waals surface area (Å²) < 4.78 is 6.44. The Labute approximate surface area is 170 Å². The fourth-order valence-electron chi connectivity index (χ4n) is 4.22. The van der Waals surface area contributed by atoms with Gasteiger partial charge in [-0.2, -0.15) is 0 Å². The number of rotatable bonds is 5. The Morgan fingerprint density at radius 2 is 1.21 bits per heavy atom. The van der Waals surface area contributed by atoms with E-state index < -0.39 is 17.3 Å². The van der Waals surface area contributed by atoms with E-state index in [1.165, 1.54) is 0 Å². The van der Waals surface area contributed by atoms with Crippen molar-refractivity contribution in [3.63, 3.8) is 0 Å². The maximum Gasteiger partial charge on any atom is 0.165 e. The Balaban J connectivity index is 1.72. The summed E-state index contributed by atoms with van der Waals surface area (Å²) in [7, 11) is 0. The Morgan fingerprint density at radius 3 is 1.72 bits per heavy atom. The highest BCUT2D eigenvalue weighted by Crippen LogP contribution is 2.59. The molecule has 2 atom stereocenters. The van der Waals surface area contributed by atoms with Crippen molar-refractivity contribution < 1.29 is 9.84 Å². The zero-order valence-electron chi connectivity index (χ0n) is 15.8. The van der Waals surface area contributed by atoms with E-state index in [4.69, 9.17) is 4.74 Å². The fourth-order valence-corrected chi connectivity index (χ4v) is 4.22. The molecule has 3 aromatic carbocycles. The van der Waals surface area contributed by atoms with Gasteiger partial charge in [-0.05, 0) is 28.8 Å². The molecule has 1 aliphatic heterocycles. The van der Waals surface area contributed by atoms with E-state index in [2.05, 4.69) is 4.98 Å². The first-order valence-corrected chi connectivity index (χ1v) is 9.74. The largest absolute Gasteiger partial charge is 0.377 e. The molecule has 5 rings (SSSR count). The zero-order valence-corrected chi connectivity index (χ0v) is 15.8. The molecular formula is C26H21NO2. The minimum Gasteiger partial charge on any atom is -0.377 e. The lowest BCUT2D eigenvalue weighted by atomic mass is 9.76. The Morgan fingerprint density at radius 1 is 0.690 bits per heavy atom. The second-order valence-corrected chi connectivity index (χ2v) is 7.31. The minimum atomic E-state index is -1.32. The third-order valence-electron chi connectivity index (χ3n) is 5.67. The molecule has 0 spiro atoms. The molecule has 1 fully saturated rings. The van der Waals surface area contributed by atoms with Crippen molar-refractivity contribution in [2.75, 3.05) is 0 Å². The Kier molecular flexibility index (Phi) is 4.27. The number of ether oxygens (including phenoxy) is 1. The van der Waals surface area contributed by atoms with Gasteiger partial charge in [0.15, 0.2) is 5.60 Å². The molecule has 0 amide bonds. The summed E-state index contributed by atoms with van der Waals surface area (Å²) in [5.74, 6) is 0. The van der Waals surface area contributed by atoms with Crippen LogP contribution in [-0.2, 0) is 15.9 Å². The number of pyridine rings is 1. The first kappa shape index (κ1) is 17.8. The molecule has 1 N–H and O–H groups in total. The molecule has 3 heteroatoms. The maximum atomic E-state index is 12.2. The highest BCUT2D eigenvalue weighted by molar-refractivity contribution is 5.48. The van der Waals surface area contributed by atoms with Gasteiger partial charge in [-0.15, -0.1) is 0 Å². The van der Waals surface area contributed by atoms with E-state index >= 15 is 0 Å². The van der Waals surface area contributed by atoms with E-state index in [-0.39, 0.29) is 0 Å². The molecule has 2 heterocycles. The third kappa shape index (κ3) is 2.79. The van der Waals surface area contributed by atoms with Gasteiger partial charge in [-0.25, -0.2) is 0 Å². The van der Waals surface area contributed by atoms with Gasteiger partial charge in [0.05, 0.1) is 5.69 Å². The quantitative estimate of drug-likeness (QED) is 0.513. The summed E-state index contributed by atoms with van der Waals surface area (Å²) in [6.07, 6.45) is 1.25. The first-order chi connectivity index (χ1) is 14.3. The van der Waals surface area contributed by atoms with Gasteiger partial charge in [-0.1, -0.05) is 97.1 Å². The summed E-state index contributed by atoms with van der Waals surface area (Å²) in [6.45, 7) is 0. The van der Waals surface area contributed by atoms with Crippen LogP contribution in [0.25, 0.3) is 0 Å². The van der Waals surface area contributed by atoms with Crippen LogP contribution in [0, 0.1) is 0 Å². The van der Waals surface area contributed by atoms with Crippen LogP contribution in [-0.4, -0.2) is 16.2 Å². The van der Waals surface area contributed by atoms with E-state index in [1.807, 2.05) is 109 Å². The monoisotopic (exact) mass is 379 g/mol. The predicted octanol–water partition coefficient (Wildman–Crippen LogP) is 4.66. The van der Waals surface area contributed by atoms with Crippen molar-refractivity contribution in [3.8, 4) is 0 Å². The predicted molar refractivity (Wildman–Crippen MR) is 112 cm³/mol. The van der Waals surface area contributed by atoms with Crippen molar-refractivity contribution in [2.24, 2.45) is 0 Å². The number of benzene rings is 3. The van der Waals surface area contributed by atoms with Crippen LogP contribution in [0.1, 0.15) is 22.4 Å². The second kappa shape index (κ2) is 6.96. The molecule has 142 valence electrons. The summed E-state index contributed by atoms with van der Waals surface area (Å²) in [4.78, 5) is 4.60. The van der Waals surface area contributed by atoms with Gasteiger partial charge in [0.2, 0.25) is 0 Å². The topological polar surface area (TPSA) is 45.6 Å². The average molecular weight is 379 g/mol. The fraction of sp³-hybridized carbons (Fsp3) is 0.115. The molecule has 4 aromatic rings. The Hall–Kier alpha value is -3.27. The van der Waals surface area contributed by atoms with E-state index in [1.54, 1.807) is 6.20 Å². The van der Waals surface area contributed by atoms with Crippen LogP contribution in [0.5, 0.6) is 0 Å². The first-order valence-electron chi connectivity index (χ1n) is 9.74. The normalized spacial score (nSPS) is 20.9. The molecule has 1 aliphatic rings. The van der Waals surface area contributed by atoms with Crippen molar-refractivity contribution in [3.05, 3.63) is 138 Å². The average Bonchev–Trinajstić information content (AvgIpc) is 3.58. The van der Waals surface area contributed by atoms with Crippen LogP contribution in [0.4, 0.5) is 0 Å². The maximum absolute atomic E-state index is 12.2. The number of epoxide rings is 1. The van der Waals surface area contributed by atoms with Crippen LogP contribution in [0.15, 0.2) is 115 Å². The number of nitrogens with zero attached hydrogens (tertiary/aromatic N) is 1. The highest BCUT2D eigenvalue weighted by Gasteiger charge is 2.69. The summed E-state index contributed by atoms with van der Waals surface area (Å²) >= 11 is 0. The van der Waals surface area contributed by atoms with E-state index in [9.17, 15) is 5.11 Å². The Bertz CT molecular complexity index is 1000. The van der Waals surface area contributed by atoms with Gasteiger partial charge >= 0.3 is 0 Å². The number of aliphatic hydroxyl groups is 1. The smallest absolute Gasteiger partial charge is 0.165 e. The summed E-state index contributed by atoms with van der Waals surface area (Å²) in [5.41, 5.74) is 1.23. The number of hydrogen-bond acceptors (Lipinski definition) is 3. The van der Waals surface area contributed by atoms with Crippen molar-refractivity contribution in [1.29, 1.82) is 0 Å². The van der Waals surface area contributed by atoms with Gasteiger partial charge in [0.25, 0.3) is 0 Å². The lowest BCUT2D eigenvalue weighted by Crippen LogP contribution is -2.38. The van der Waals surface area contributed by atoms with Crippen molar-refractivity contribution in [1.82, 2.24) is 4.98 Å². The van der Waals surface area contributed by atoms with Crippen LogP contribution in [0.3, 0.4) is 0 Å². The lowest BCUT2D eigenvalue weighted by molar-refractivity contribution is 0.0477. The van der Waals surface area contributed by atoms with Gasteiger partial charge in [0.1, 0.15) is 11.7 Å². The zero-order chi connectivity index (χ0) is 19.7. The van der Waals surface area contributed by atoms with Crippen LogP contribution in [0.2, 0.25) is 0 Å². The van der Waals surface area contributed by atoms with Crippen molar-refractivity contribution in [2.45, 2.75) is 17.3 Å². The molecule has 1 saturated heterocycles. The van der Waals surface area contributed by atoms with Crippen molar-refractivity contribution >= 4 is 0 Å². The van der Waals surface area contributed by atoms with Gasteiger partial charge in [0, 0.05) is 6.20 Å². The van der Waals surface area contributed by atoms with Crippen LogP contribution >= 0.6 is 0 Å². The third-order valence-corrected chi connectivity index (χ3v) is 5.67. The SMILES string of the molecule is OC(c1ccccc1)(c1ccccc1)[C@@H]1O[C@]1(c1ccccc1)c1ccccn1. The molecule has 0 bridgehead atoms. The molecular weight excluding hydrogens is 358 g/mol. The number of aromatic nitrogens is 1. The van der Waals surface area contributed by atoms with E-state index in [0.29, 0.717) is 0 Å². The molecule has 0 radical (unpaired) electrons. The lowest BCUT2D eigenvalue weighted by Gasteiger charge is -2.29.